The average molecular weight is 288 g/mol. The highest BCUT2D eigenvalue weighted by Gasteiger charge is 2.20. The molecule has 6 nitrogen and oxygen atoms in total. The van der Waals surface area contributed by atoms with Crippen molar-refractivity contribution in [1.82, 2.24) is 9.03 Å². The molecule has 0 amide bonds. The van der Waals surface area contributed by atoms with Gasteiger partial charge in [0, 0.05) is 26.7 Å². The lowest BCUT2D eigenvalue weighted by Gasteiger charge is -2.21. The number of nitrogens with one attached hydrogen (secondary N) is 1. The first-order chi connectivity index (χ1) is 9.10. The molecule has 0 aliphatic rings. The number of nitrogens with zero attached hydrogens (tertiary/aromatic N) is 1. The van der Waals surface area contributed by atoms with Crippen molar-refractivity contribution < 1.29 is 18.3 Å². The van der Waals surface area contributed by atoms with Gasteiger partial charge in [-0.15, -0.1) is 0 Å². The summed E-state index contributed by atoms with van der Waals surface area (Å²) in [6, 6.07) is 9.24. The highest BCUT2D eigenvalue weighted by molar-refractivity contribution is 7.87. The second-order valence-corrected chi connectivity index (χ2v) is 5.69. The molecule has 7 heteroatoms. The van der Waals surface area contributed by atoms with E-state index < -0.39 is 10.2 Å². The van der Waals surface area contributed by atoms with Crippen LogP contribution in [0.5, 0.6) is 0 Å². The fraction of sp³-hybridized carbons (Fsp3) is 0.500. The molecule has 0 aliphatic carbocycles. The molecule has 1 aromatic carbocycles. The van der Waals surface area contributed by atoms with E-state index in [1.54, 1.807) is 0 Å². The molecule has 1 rings (SSSR count). The molecule has 1 aromatic rings. The maximum Gasteiger partial charge on any atom is 0.279 e. The van der Waals surface area contributed by atoms with Crippen LogP contribution in [-0.4, -0.2) is 51.2 Å². The monoisotopic (exact) mass is 288 g/mol. The Bertz CT molecular complexity index is 450. The number of methoxy groups -OCH3 is 1. The summed E-state index contributed by atoms with van der Waals surface area (Å²) in [5.74, 6) is 0. The van der Waals surface area contributed by atoms with E-state index in [4.69, 9.17) is 9.84 Å². The topological polar surface area (TPSA) is 78.9 Å². The van der Waals surface area contributed by atoms with Gasteiger partial charge in [0.25, 0.3) is 10.2 Å². The number of benzene rings is 1. The lowest BCUT2D eigenvalue weighted by atomic mass is 10.2. The van der Waals surface area contributed by atoms with E-state index in [2.05, 4.69) is 4.72 Å². The van der Waals surface area contributed by atoms with E-state index in [0.29, 0.717) is 6.61 Å². The van der Waals surface area contributed by atoms with Gasteiger partial charge in [0.15, 0.2) is 0 Å². The fourth-order valence-electron chi connectivity index (χ4n) is 1.55. The Morgan fingerprint density at radius 3 is 2.58 bits per heavy atom. The van der Waals surface area contributed by atoms with E-state index in [0.717, 1.165) is 5.56 Å². The van der Waals surface area contributed by atoms with Crippen LogP contribution in [0.15, 0.2) is 30.3 Å². The van der Waals surface area contributed by atoms with Crippen molar-refractivity contribution in [3.05, 3.63) is 35.9 Å². The predicted molar refractivity (Wildman–Crippen MR) is 72.7 cm³/mol. The zero-order valence-electron chi connectivity index (χ0n) is 10.9. The first-order valence-electron chi connectivity index (χ1n) is 5.98. The van der Waals surface area contributed by atoms with Crippen LogP contribution in [0.1, 0.15) is 5.56 Å². The minimum Gasteiger partial charge on any atom is -0.395 e. The Morgan fingerprint density at radius 2 is 2.00 bits per heavy atom. The molecule has 0 spiro atoms. The van der Waals surface area contributed by atoms with E-state index in [1.165, 1.54) is 11.4 Å². The Hall–Kier alpha value is -0.990. The largest absolute Gasteiger partial charge is 0.395 e. The molecule has 0 fully saturated rings. The molecular weight excluding hydrogens is 268 g/mol. The highest BCUT2D eigenvalue weighted by Crippen LogP contribution is 2.07. The van der Waals surface area contributed by atoms with E-state index in [1.807, 2.05) is 30.3 Å². The van der Waals surface area contributed by atoms with Gasteiger partial charge in [-0.3, -0.25) is 0 Å². The molecule has 0 aromatic heterocycles. The van der Waals surface area contributed by atoms with Crippen LogP contribution in [0.4, 0.5) is 0 Å². The van der Waals surface area contributed by atoms with Crippen LogP contribution in [0.25, 0.3) is 0 Å². The Labute approximate surface area is 114 Å². The smallest absolute Gasteiger partial charge is 0.279 e. The fourth-order valence-corrected chi connectivity index (χ4v) is 2.71. The molecule has 108 valence electrons. The van der Waals surface area contributed by atoms with Crippen molar-refractivity contribution in [2.45, 2.75) is 6.54 Å². The Kier molecular flexibility index (Phi) is 6.96. The summed E-state index contributed by atoms with van der Waals surface area (Å²) in [6.45, 7) is 0.562. The van der Waals surface area contributed by atoms with Crippen LogP contribution in [0.3, 0.4) is 0 Å². The first kappa shape index (κ1) is 16.1. The number of hydrogen-bond donors (Lipinski definition) is 2. The Balaban J connectivity index is 2.70. The average Bonchev–Trinajstić information content (AvgIpc) is 2.39. The molecule has 0 radical (unpaired) electrons. The summed E-state index contributed by atoms with van der Waals surface area (Å²) in [4.78, 5) is 0. The van der Waals surface area contributed by atoms with E-state index >= 15 is 0 Å². The van der Waals surface area contributed by atoms with Crippen LogP contribution in [0, 0.1) is 0 Å². The molecular formula is C12H20N2O4S. The normalized spacial score (nSPS) is 11.9. The van der Waals surface area contributed by atoms with Gasteiger partial charge in [-0.2, -0.15) is 17.4 Å². The van der Waals surface area contributed by atoms with E-state index in [-0.39, 0.29) is 26.2 Å². The molecule has 0 bridgehead atoms. The van der Waals surface area contributed by atoms with Gasteiger partial charge in [0.05, 0.1) is 13.2 Å². The molecule has 0 saturated carbocycles. The summed E-state index contributed by atoms with van der Waals surface area (Å²) in [7, 11) is -2.11. The van der Waals surface area contributed by atoms with Crippen molar-refractivity contribution >= 4 is 10.2 Å². The second kappa shape index (κ2) is 8.23. The highest BCUT2D eigenvalue weighted by atomic mass is 32.2. The Morgan fingerprint density at radius 1 is 1.32 bits per heavy atom. The third-order valence-corrected chi connectivity index (χ3v) is 4.04. The summed E-state index contributed by atoms with van der Waals surface area (Å²) >= 11 is 0. The van der Waals surface area contributed by atoms with Crippen molar-refractivity contribution in [1.29, 1.82) is 0 Å². The van der Waals surface area contributed by atoms with Gasteiger partial charge >= 0.3 is 0 Å². The number of rotatable bonds is 9. The maximum atomic E-state index is 12.0. The quantitative estimate of drug-likeness (QED) is 0.625. The van der Waals surface area contributed by atoms with Crippen molar-refractivity contribution in [3.63, 3.8) is 0 Å². The molecule has 19 heavy (non-hydrogen) atoms. The van der Waals surface area contributed by atoms with Crippen LogP contribution < -0.4 is 4.72 Å². The molecule has 0 saturated heterocycles. The van der Waals surface area contributed by atoms with Gasteiger partial charge in [-0.05, 0) is 5.56 Å². The number of aliphatic hydroxyl groups is 1. The first-order valence-corrected chi connectivity index (χ1v) is 7.42. The summed E-state index contributed by atoms with van der Waals surface area (Å²) in [6.07, 6.45) is 0. The zero-order valence-corrected chi connectivity index (χ0v) is 11.8. The molecule has 0 aliphatic heterocycles. The number of aliphatic hydroxyl groups excluding tert-OH is 1. The van der Waals surface area contributed by atoms with Gasteiger partial charge in [0.2, 0.25) is 0 Å². The number of hydrogen-bond acceptors (Lipinski definition) is 4. The SMILES string of the molecule is COCCNS(=O)(=O)N(CCO)Cc1ccccc1. The number of ether oxygens (including phenoxy) is 1. The summed E-state index contributed by atoms with van der Waals surface area (Å²) in [5.41, 5.74) is 0.869. The molecule has 2 N–H and O–H groups in total. The summed E-state index contributed by atoms with van der Waals surface area (Å²) in [5, 5.41) is 8.99. The van der Waals surface area contributed by atoms with Crippen LogP contribution >= 0.6 is 0 Å². The standard InChI is InChI=1S/C12H20N2O4S/c1-18-10-7-13-19(16,17)14(8-9-15)11-12-5-3-2-4-6-12/h2-6,13,15H,7-11H2,1H3. The van der Waals surface area contributed by atoms with Gasteiger partial charge in [-0.25, -0.2) is 0 Å². The molecule has 0 atom stereocenters. The van der Waals surface area contributed by atoms with Gasteiger partial charge < -0.3 is 9.84 Å². The third-order valence-electron chi connectivity index (χ3n) is 2.48. The third kappa shape index (κ3) is 5.66. The van der Waals surface area contributed by atoms with Crippen molar-refractivity contribution in [2.24, 2.45) is 0 Å². The van der Waals surface area contributed by atoms with Crippen LogP contribution in [0.2, 0.25) is 0 Å². The van der Waals surface area contributed by atoms with Crippen molar-refractivity contribution in [2.75, 3.05) is 33.4 Å². The van der Waals surface area contributed by atoms with Gasteiger partial charge in [-0.1, -0.05) is 30.3 Å². The predicted octanol–water partition coefficient (Wildman–Crippen LogP) is -0.0383. The second-order valence-electron chi connectivity index (χ2n) is 3.93. The van der Waals surface area contributed by atoms with Crippen molar-refractivity contribution in [3.8, 4) is 0 Å². The molecule has 0 unspecified atom stereocenters. The van der Waals surface area contributed by atoms with Gasteiger partial charge in [0.1, 0.15) is 0 Å². The summed E-state index contributed by atoms with van der Waals surface area (Å²) < 4.78 is 32.5. The zero-order chi connectivity index (χ0) is 14.1. The lowest BCUT2D eigenvalue weighted by Crippen LogP contribution is -2.42. The van der Waals surface area contributed by atoms with Crippen LogP contribution in [-0.2, 0) is 21.5 Å². The minimum atomic E-state index is -3.61. The maximum absolute atomic E-state index is 12.0. The molecule has 0 heterocycles. The lowest BCUT2D eigenvalue weighted by molar-refractivity contribution is 0.203. The minimum absolute atomic E-state index is 0.0528. The van der Waals surface area contributed by atoms with E-state index in [9.17, 15) is 8.42 Å².